The lowest BCUT2D eigenvalue weighted by Crippen LogP contribution is -2.56. The SMILES string of the molecule is CC1CCC(C(C)C)[C@@](O)(C(=O)NCCc2ccncc2)C1. The number of nitrogens with one attached hydrogen (secondary N) is 1. The van der Waals surface area contributed by atoms with Gasteiger partial charge in [-0.15, -0.1) is 0 Å². The van der Waals surface area contributed by atoms with Crippen molar-refractivity contribution in [3.05, 3.63) is 30.1 Å². The maximum absolute atomic E-state index is 12.6. The van der Waals surface area contributed by atoms with Crippen LogP contribution >= 0.6 is 0 Å². The summed E-state index contributed by atoms with van der Waals surface area (Å²) in [5.74, 6) is 0.547. The second-order valence-electron chi connectivity index (χ2n) is 7.02. The molecule has 0 aliphatic heterocycles. The first kappa shape index (κ1) is 16.9. The molecule has 1 aromatic heterocycles. The third-order valence-electron chi connectivity index (χ3n) is 4.89. The predicted octanol–water partition coefficient (Wildman–Crippen LogP) is 2.56. The minimum absolute atomic E-state index is 0.0459. The van der Waals surface area contributed by atoms with Gasteiger partial charge in [0.1, 0.15) is 5.60 Å². The number of pyridine rings is 1. The number of hydrogen-bond donors (Lipinski definition) is 2. The van der Waals surface area contributed by atoms with Gasteiger partial charge in [0.25, 0.3) is 5.91 Å². The van der Waals surface area contributed by atoms with Crippen molar-refractivity contribution < 1.29 is 9.90 Å². The molecule has 1 saturated carbocycles. The Morgan fingerprint density at radius 1 is 1.41 bits per heavy atom. The smallest absolute Gasteiger partial charge is 0.252 e. The zero-order valence-corrected chi connectivity index (χ0v) is 13.9. The van der Waals surface area contributed by atoms with Crippen LogP contribution in [0.3, 0.4) is 0 Å². The van der Waals surface area contributed by atoms with E-state index in [1.165, 1.54) is 0 Å². The highest BCUT2D eigenvalue weighted by atomic mass is 16.3. The van der Waals surface area contributed by atoms with Crippen LogP contribution in [0.15, 0.2) is 24.5 Å². The van der Waals surface area contributed by atoms with E-state index in [2.05, 4.69) is 31.1 Å². The van der Waals surface area contributed by atoms with Crippen LogP contribution in [0.25, 0.3) is 0 Å². The molecular weight excluding hydrogens is 276 g/mol. The fraction of sp³-hybridized carbons (Fsp3) is 0.667. The Kier molecular flexibility index (Phi) is 5.57. The number of amides is 1. The Labute approximate surface area is 133 Å². The minimum atomic E-state index is -1.22. The average Bonchev–Trinajstić information content (AvgIpc) is 2.47. The third-order valence-corrected chi connectivity index (χ3v) is 4.89. The van der Waals surface area contributed by atoms with E-state index < -0.39 is 5.60 Å². The molecule has 0 aromatic carbocycles. The lowest BCUT2D eigenvalue weighted by molar-refractivity contribution is -0.155. The average molecular weight is 304 g/mol. The van der Waals surface area contributed by atoms with Crippen LogP contribution < -0.4 is 5.32 Å². The van der Waals surface area contributed by atoms with E-state index in [4.69, 9.17) is 0 Å². The zero-order chi connectivity index (χ0) is 16.2. The van der Waals surface area contributed by atoms with E-state index in [0.717, 1.165) is 24.8 Å². The van der Waals surface area contributed by atoms with Gasteiger partial charge in [-0.2, -0.15) is 0 Å². The lowest BCUT2D eigenvalue weighted by atomic mass is 9.66. The zero-order valence-electron chi connectivity index (χ0n) is 13.9. The van der Waals surface area contributed by atoms with Crippen LogP contribution in [0, 0.1) is 17.8 Å². The molecule has 1 aromatic rings. The summed E-state index contributed by atoms with van der Waals surface area (Å²) in [5.41, 5.74) is -0.0796. The van der Waals surface area contributed by atoms with Crippen molar-refractivity contribution in [2.45, 2.75) is 52.1 Å². The molecule has 122 valence electrons. The second-order valence-corrected chi connectivity index (χ2v) is 7.02. The maximum Gasteiger partial charge on any atom is 0.252 e. The molecule has 2 rings (SSSR count). The summed E-state index contributed by atoms with van der Waals surface area (Å²) in [5, 5.41) is 14.0. The number of carbonyl (C=O) groups excluding carboxylic acids is 1. The van der Waals surface area contributed by atoms with Gasteiger partial charge in [0.15, 0.2) is 0 Å². The quantitative estimate of drug-likeness (QED) is 0.879. The molecule has 4 nitrogen and oxygen atoms in total. The van der Waals surface area contributed by atoms with Crippen LogP contribution in [-0.2, 0) is 11.2 Å². The lowest BCUT2D eigenvalue weighted by Gasteiger charge is -2.43. The predicted molar refractivity (Wildman–Crippen MR) is 87.2 cm³/mol. The highest BCUT2D eigenvalue weighted by Crippen LogP contribution is 2.41. The fourth-order valence-electron chi connectivity index (χ4n) is 3.66. The van der Waals surface area contributed by atoms with Crippen molar-refractivity contribution in [1.82, 2.24) is 10.3 Å². The molecule has 1 amide bonds. The van der Waals surface area contributed by atoms with Crippen LogP contribution in [0.4, 0.5) is 0 Å². The molecule has 2 unspecified atom stereocenters. The fourth-order valence-corrected chi connectivity index (χ4v) is 3.66. The summed E-state index contributed by atoms with van der Waals surface area (Å²) in [7, 11) is 0. The Morgan fingerprint density at radius 2 is 2.09 bits per heavy atom. The monoisotopic (exact) mass is 304 g/mol. The molecule has 1 aliphatic carbocycles. The van der Waals surface area contributed by atoms with Crippen molar-refractivity contribution in [2.75, 3.05) is 6.54 Å². The van der Waals surface area contributed by atoms with Crippen molar-refractivity contribution in [1.29, 1.82) is 0 Å². The van der Waals surface area contributed by atoms with Gasteiger partial charge in [-0.1, -0.05) is 27.2 Å². The molecule has 0 bridgehead atoms. The Balaban J connectivity index is 1.96. The summed E-state index contributed by atoms with van der Waals surface area (Å²) in [6.45, 7) is 6.85. The molecule has 1 heterocycles. The van der Waals surface area contributed by atoms with Gasteiger partial charge in [-0.05, 0) is 54.7 Å². The first-order chi connectivity index (χ1) is 10.4. The topological polar surface area (TPSA) is 62.2 Å². The van der Waals surface area contributed by atoms with Gasteiger partial charge in [0.05, 0.1) is 0 Å². The van der Waals surface area contributed by atoms with Crippen molar-refractivity contribution >= 4 is 5.91 Å². The van der Waals surface area contributed by atoms with Gasteiger partial charge >= 0.3 is 0 Å². The molecular formula is C18H28N2O2. The molecule has 3 atom stereocenters. The molecule has 0 spiro atoms. The molecule has 4 heteroatoms. The Hall–Kier alpha value is -1.42. The number of aromatic nitrogens is 1. The van der Waals surface area contributed by atoms with E-state index in [0.29, 0.717) is 24.8 Å². The van der Waals surface area contributed by atoms with E-state index in [9.17, 15) is 9.90 Å². The molecule has 0 saturated heterocycles. The summed E-state index contributed by atoms with van der Waals surface area (Å²) in [6.07, 6.45) is 6.84. The second kappa shape index (κ2) is 7.23. The molecule has 2 N–H and O–H groups in total. The molecule has 22 heavy (non-hydrogen) atoms. The number of hydrogen-bond acceptors (Lipinski definition) is 3. The van der Waals surface area contributed by atoms with Gasteiger partial charge in [0, 0.05) is 18.9 Å². The summed E-state index contributed by atoms with van der Waals surface area (Å²) in [4.78, 5) is 16.6. The van der Waals surface area contributed by atoms with Crippen LogP contribution in [-0.4, -0.2) is 28.1 Å². The Bertz CT molecular complexity index is 489. The van der Waals surface area contributed by atoms with Gasteiger partial charge in [-0.3, -0.25) is 9.78 Å². The molecule has 1 aliphatic rings. The number of aliphatic hydroxyl groups is 1. The maximum atomic E-state index is 12.6. The number of rotatable bonds is 5. The van der Waals surface area contributed by atoms with Crippen molar-refractivity contribution in [3.8, 4) is 0 Å². The van der Waals surface area contributed by atoms with Crippen LogP contribution in [0.1, 0.15) is 45.6 Å². The van der Waals surface area contributed by atoms with E-state index in [-0.39, 0.29) is 11.8 Å². The first-order valence-electron chi connectivity index (χ1n) is 8.33. The van der Waals surface area contributed by atoms with Gasteiger partial charge in [-0.25, -0.2) is 0 Å². The minimum Gasteiger partial charge on any atom is -0.380 e. The van der Waals surface area contributed by atoms with Gasteiger partial charge in [0.2, 0.25) is 0 Å². The highest BCUT2D eigenvalue weighted by molar-refractivity contribution is 5.85. The number of carbonyl (C=O) groups is 1. The van der Waals surface area contributed by atoms with Crippen LogP contribution in [0.5, 0.6) is 0 Å². The molecule has 0 radical (unpaired) electrons. The highest BCUT2D eigenvalue weighted by Gasteiger charge is 2.48. The van der Waals surface area contributed by atoms with Crippen molar-refractivity contribution in [2.24, 2.45) is 17.8 Å². The van der Waals surface area contributed by atoms with Gasteiger partial charge < -0.3 is 10.4 Å². The summed E-state index contributed by atoms with van der Waals surface area (Å²) >= 11 is 0. The normalized spacial score (nSPS) is 28.6. The summed E-state index contributed by atoms with van der Waals surface area (Å²) in [6, 6.07) is 3.89. The van der Waals surface area contributed by atoms with Crippen LogP contribution in [0.2, 0.25) is 0 Å². The standard InChI is InChI=1S/C18H28N2O2/c1-13(2)16-5-4-14(3)12-18(16,22)17(21)20-11-8-15-6-9-19-10-7-15/h6-7,9-10,13-14,16,22H,4-5,8,11-12H2,1-3H3,(H,20,21)/t14?,16?,18-/m1/s1. The molecule has 1 fully saturated rings. The largest absolute Gasteiger partial charge is 0.380 e. The Morgan fingerprint density at radius 3 is 2.73 bits per heavy atom. The third kappa shape index (κ3) is 3.86. The van der Waals surface area contributed by atoms with Crippen molar-refractivity contribution in [3.63, 3.8) is 0 Å². The number of nitrogens with zero attached hydrogens (tertiary/aromatic N) is 1. The van der Waals surface area contributed by atoms with E-state index in [1.807, 2.05) is 12.1 Å². The first-order valence-corrected chi connectivity index (χ1v) is 8.33. The van der Waals surface area contributed by atoms with E-state index in [1.54, 1.807) is 12.4 Å². The van der Waals surface area contributed by atoms with E-state index >= 15 is 0 Å². The summed E-state index contributed by atoms with van der Waals surface area (Å²) < 4.78 is 0.